The van der Waals surface area contributed by atoms with Gasteiger partial charge >= 0.3 is 0 Å². The van der Waals surface area contributed by atoms with E-state index in [0.29, 0.717) is 17.6 Å². The molecule has 0 aliphatic heterocycles. The smallest absolute Gasteiger partial charge is 0.132 e. The van der Waals surface area contributed by atoms with Gasteiger partial charge in [0.1, 0.15) is 5.78 Å². The minimum absolute atomic E-state index is 0.296. The molecule has 1 fully saturated rings. The molecule has 0 aromatic carbocycles. The fraction of sp³-hybridized carbons (Fsp3) is 0.929. The molecule has 0 aromatic rings. The average molecular weight is 210 g/mol. The second-order valence-electron chi connectivity index (χ2n) is 5.81. The lowest BCUT2D eigenvalue weighted by molar-refractivity contribution is -0.122. The van der Waals surface area contributed by atoms with Crippen molar-refractivity contribution in [2.75, 3.05) is 0 Å². The van der Waals surface area contributed by atoms with Crippen LogP contribution in [0.3, 0.4) is 0 Å². The Bertz CT molecular complexity index is 199. The molecule has 0 aromatic heterocycles. The van der Waals surface area contributed by atoms with Crippen molar-refractivity contribution < 1.29 is 4.79 Å². The van der Waals surface area contributed by atoms with Crippen LogP contribution in [0.2, 0.25) is 0 Å². The Hall–Kier alpha value is -0.330. The minimum atomic E-state index is 0.296. The van der Waals surface area contributed by atoms with Crippen molar-refractivity contribution in [3.05, 3.63) is 0 Å². The SMILES string of the molecule is CC(=O)C(C)C1CCC(CC(C)C)CC1. The number of carbonyl (C=O) groups is 1. The molecular weight excluding hydrogens is 184 g/mol. The molecule has 0 N–H and O–H groups in total. The van der Waals surface area contributed by atoms with Crippen molar-refractivity contribution in [3.8, 4) is 0 Å². The maximum atomic E-state index is 11.3. The topological polar surface area (TPSA) is 17.1 Å². The average Bonchev–Trinajstić information content (AvgIpc) is 2.17. The molecule has 0 spiro atoms. The van der Waals surface area contributed by atoms with Crippen LogP contribution in [0.15, 0.2) is 0 Å². The Morgan fingerprint density at radius 1 is 1.13 bits per heavy atom. The molecule has 1 rings (SSSR count). The first-order valence-corrected chi connectivity index (χ1v) is 6.51. The quantitative estimate of drug-likeness (QED) is 0.683. The normalized spacial score (nSPS) is 29.1. The van der Waals surface area contributed by atoms with E-state index in [0.717, 1.165) is 11.8 Å². The van der Waals surface area contributed by atoms with E-state index in [1.807, 2.05) is 0 Å². The summed E-state index contributed by atoms with van der Waals surface area (Å²) < 4.78 is 0. The number of rotatable bonds is 4. The second kappa shape index (κ2) is 5.67. The Labute approximate surface area is 94.6 Å². The number of hydrogen-bond acceptors (Lipinski definition) is 1. The summed E-state index contributed by atoms with van der Waals surface area (Å²) in [6, 6.07) is 0. The van der Waals surface area contributed by atoms with Gasteiger partial charge in [-0.1, -0.05) is 33.6 Å². The van der Waals surface area contributed by atoms with Crippen molar-refractivity contribution >= 4 is 5.78 Å². The predicted octanol–water partition coefficient (Wildman–Crippen LogP) is 4.06. The van der Waals surface area contributed by atoms with E-state index in [-0.39, 0.29) is 0 Å². The second-order valence-corrected chi connectivity index (χ2v) is 5.81. The molecule has 15 heavy (non-hydrogen) atoms. The van der Waals surface area contributed by atoms with Crippen LogP contribution in [-0.2, 0) is 4.79 Å². The molecule has 0 saturated heterocycles. The predicted molar refractivity (Wildman–Crippen MR) is 64.7 cm³/mol. The van der Waals surface area contributed by atoms with Gasteiger partial charge in [0.05, 0.1) is 0 Å². The van der Waals surface area contributed by atoms with Gasteiger partial charge in [0.25, 0.3) is 0 Å². The number of hydrogen-bond donors (Lipinski definition) is 0. The highest BCUT2D eigenvalue weighted by atomic mass is 16.1. The summed E-state index contributed by atoms with van der Waals surface area (Å²) in [5.41, 5.74) is 0. The first kappa shape index (κ1) is 12.7. The zero-order valence-electron chi connectivity index (χ0n) is 10.8. The summed E-state index contributed by atoms with van der Waals surface area (Å²) in [6.07, 6.45) is 6.62. The van der Waals surface area contributed by atoms with E-state index in [9.17, 15) is 4.79 Å². The zero-order valence-corrected chi connectivity index (χ0v) is 10.8. The molecule has 88 valence electrons. The highest BCUT2D eigenvalue weighted by molar-refractivity contribution is 5.78. The minimum Gasteiger partial charge on any atom is -0.300 e. The van der Waals surface area contributed by atoms with Crippen molar-refractivity contribution in [2.45, 2.75) is 59.8 Å². The zero-order chi connectivity index (χ0) is 11.4. The van der Waals surface area contributed by atoms with E-state index in [2.05, 4.69) is 20.8 Å². The summed E-state index contributed by atoms with van der Waals surface area (Å²) in [4.78, 5) is 11.3. The summed E-state index contributed by atoms with van der Waals surface area (Å²) in [6.45, 7) is 8.47. The third-order valence-corrected chi connectivity index (χ3v) is 4.04. The molecule has 0 radical (unpaired) electrons. The maximum Gasteiger partial charge on any atom is 0.132 e. The Morgan fingerprint density at radius 2 is 1.67 bits per heavy atom. The number of carbonyl (C=O) groups excluding carboxylic acids is 1. The van der Waals surface area contributed by atoms with Crippen molar-refractivity contribution in [1.29, 1.82) is 0 Å². The van der Waals surface area contributed by atoms with Crippen molar-refractivity contribution in [1.82, 2.24) is 0 Å². The molecule has 1 nitrogen and oxygen atoms in total. The van der Waals surface area contributed by atoms with Gasteiger partial charge in [-0.3, -0.25) is 4.79 Å². The summed E-state index contributed by atoms with van der Waals surface area (Å²) in [7, 11) is 0. The van der Waals surface area contributed by atoms with Crippen LogP contribution in [0.4, 0.5) is 0 Å². The lowest BCUT2D eigenvalue weighted by atomic mass is 9.73. The van der Waals surface area contributed by atoms with Crippen LogP contribution in [0.1, 0.15) is 59.8 Å². The van der Waals surface area contributed by atoms with Crippen LogP contribution in [0, 0.1) is 23.7 Å². The van der Waals surface area contributed by atoms with Crippen LogP contribution in [0.25, 0.3) is 0 Å². The molecule has 0 heterocycles. The third kappa shape index (κ3) is 3.96. The van der Waals surface area contributed by atoms with Crippen molar-refractivity contribution in [2.24, 2.45) is 23.7 Å². The van der Waals surface area contributed by atoms with Crippen LogP contribution >= 0.6 is 0 Å². The fourth-order valence-corrected chi connectivity index (χ4v) is 2.92. The molecule has 1 atom stereocenters. The highest BCUT2D eigenvalue weighted by Gasteiger charge is 2.27. The van der Waals surface area contributed by atoms with Gasteiger partial charge < -0.3 is 0 Å². The highest BCUT2D eigenvalue weighted by Crippen LogP contribution is 2.36. The standard InChI is InChI=1S/C14H26O/c1-10(2)9-13-5-7-14(8-6-13)11(3)12(4)15/h10-11,13-14H,5-9H2,1-4H3. The molecule has 1 aliphatic rings. The number of ketones is 1. The summed E-state index contributed by atoms with van der Waals surface area (Å²) >= 11 is 0. The first-order chi connectivity index (χ1) is 7.00. The third-order valence-electron chi connectivity index (χ3n) is 4.04. The van der Waals surface area contributed by atoms with Gasteiger partial charge in [-0.05, 0) is 43.9 Å². The molecule has 1 saturated carbocycles. The van der Waals surface area contributed by atoms with E-state index in [4.69, 9.17) is 0 Å². The van der Waals surface area contributed by atoms with Gasteiger partial charge in [0.15, 0.2) is 0 Å². The van der Waals surface area contributed by atoms with Gasteiger partial charge in [0, 0.05) is 5.92 Å². The van der Waals surface area contributed by atoms with Crippen LogP contribution in [-0.4, -0.2) is 5.78 Å². The molecule has 1 unspecified atom stereocenters. The molecular formula is C14H26O. The fourth-order valence-electron chi connectivity index (χ4n) is 2.92. The maximum absolute atomic E-state index is 11.3. The summed E-state index contributed by atoms with van der Waals surface area (Å²) in [5.74, 6) is 3.11. The lowest BCUT2D eigenvalue weighted by Gasteiger charge is -2.32. The summed E-state index contributed by atoms with van der Waals surface area (Å²) in [5, 5.41) is 0. The monoisotopic (exact) mass is 210 g/mol. The van der Waals surface area contributed by atoms with Gasteiger partial charge in [-0.25, -0.2) is 0 Å². The Morgan fingerprint density at radius 3 is 2.07 bits per heavy atom. The van der Waals surface area contributed by atoms with E-state index in [1.165, 1.54) is 32.1 Å². The van der Waals surface area contributed by atoms with E-state index < -0.39 is 0 Å². The molecule has 0 amide bonds. The Kier molecular flexibility index (Phi) is 4.82. The Balaban J connectivity index is 2.32. The molecule has 1 heteroatoms. The van der Waals surface area contributed by atoms with Crippen molar-refractivity contribution in [3.63, 3.8) is 0 Å². The van der Waals surface area contributed by atoms with E-state index in [1.54, 1.807) is 6.92 Å². The van der Waals surface area contributed by atoms with Gasteiger partial charge in [-0.15, -0.1) is 0 Å². The lowest BCUT2D eigenvalue weighted by Crippen LogP contribution is -2.24. The largest absolute Gasteiger partial charge is 0.300 e. The van der Waals surface area contributed by atoms with Crippen LogP contribution in [0.5, 0.6) is 0 Å². The van der Waals surface area contributed by atoms with Gasteiger partial charge in [-0.2, -0.15) is 0 Å². The van der Waals surface area contributed by atoms with Gasteiger partial charge in [0.2, 0.25) is 0 Å². The molecule has 0 bridgehead atoms. The van der Waals surface area contributed by atoms with E-state index >= 15 is 0 Å². The number of Topliss-reactive ketones (excluding diaryl/α,β-unsaturated/α-hetero) is 1. The molecule has 1 aliphatic carbocycles. The first-order valence-electron chi connectivity index (χ1n) is 6.51. The van der Waals surface area contributed by atoms with Crippen LogP contribution < -0.4 is 0 Å².